The first-order valence-corrected chi connectivity index (χ1v) is 21.7. The molecule has 7 rings (SSSR count). The summed E-state index contributed by atoms with van der Waals surface area (Å²) in [5.74, 6) is -3.82. The Morgan fingerprint density at radius 1 is 1.00 bits per heavy atom. The minimum absolute atomic E-state index is 0.0423. The van der Waals surface area contributed by atoms with Gasteiger partial charge in [-0.3, -0.25) is 0 Å². The Bertz CT molecular complexity index is 1510. The first kappa shape index (κ1) is 43.3. The highest BCUT2D eigenvalue weighted by molar-refractivity contribution is 5.76. The second kappa shape index (κ2) is 17.0. The zero-order valence-electron chi connectivity index (χ0n) is 34.6. The van der Waals surface area contributed by atoms with Crippen LogP contribution in [0.15, 0.2) is 36.0 Å². The lowest BCUT2D eigenvalue weighted by Gasteiger charge is -2.50. The van der Waals surface area contributed by atoms with Crippen LogP contribution < -0.4 is 0 Å². The SMILES string of the molecule is C=C1[C@@H](O)C2O[C@]3(CC[C@H](/C=C/[C@@H](C)[C@@H]4CC(C)=C[C@@]5(O[C@H](C[C@@](C)(O)C(=O)O)CC[C@H]5O)O4)O3)CC[C@H]2O[C@@H]1[C@@H](O)C[C@H](C)C1O[C@@]2(CCCCO2)CC[C@H]1C. The maximum atomic E-state index is 11.6. The quantitative estimate of drug-likeness (QED) is 0.182. The molecule has 2 unspecified atom stereocenters. The molecule has 0 amide bonds. The fraction of sp³-hybridized carbons (Fsp3) is 0.841. The molecule has 7 heterocycles. The number of aliphatic hydroxyl groups is 4. The molecule has 13 heteroatoms. The van der Waals surface area contributed by atoms with E-state index in [1.807, 2.05) is 19.9 Å². The number of aliphatic carboxylic acids is 1. The second-order valence-corrected chi connectivity index (χ2v) is 18.9. The Morgan fingerprint density at radius 3 is 2.49 bits per heavy atom. The normalized spacial score (nSPS) is 45.4. The van der Waals surface area contributed by atoms with Crippen molar-refractivity contribution in [2.75, 3.05) is 6.61 Å². The number of rotatable bonds is 10. The summed E-state index contributed by atoms with van der Waals surface area (Å²) < 4.78 is 45.2. The molecule has 6 saturated heterocycles. The van der Waals surface area contributed by atoms with Gasteiger partial charge in [0.15, 0.2) is 17.2 Å². The van der Waals surface area contributed by atoms with Crippen LogP contribution in [0.5, 0.6) is 0 Å². The van der Waals surface area contributed by atoms with E-state index in [1.165, 1.54) is 6.92 Å². The maximum Gasteiger partial charge on any atom is 0.335 e. The van der Waals surface area contributed by atoms with Gasteiger partial charge in [0.1, 0.15) is 24.4 Å². The Hall–Kier alpha value is -1.75. The predicted octanol–water partition coefficient (Wildman–Crippen LogP) is 5.21. The largest absolute Gasteiger partial charge is 0.479 e. The van der Waals surface area contributed by atoms with Gasteiger partial charge in [-0.05, 0) is 95.1 Å². The number of carboxylic acid groups (broad SMARTS) is 1. The molecule has 6 fully saturated rings. The first-order valence-electron chi connectivity index (χ1n) is 21.7. The summed E-state index contributed by atoms with van der Waals surface area (Å²) in [6.07, 6.45) is 9.37. The lowest BCUT2D eigenvalue weighted by atomic mass is 9.79. The van der Waals surface area contributed by atoms with E-state index < -0.39 is 71.7 Å². The van der Waals surface area contributed by atoms with Crippen molar-refractivity contribution >= 4 is 5.97 Å². The summed E-state index contributed by atoms with van der Waals surface area (Å²) in [6, 6.07) is 0. The molecule has 0 saturated carbocycles. The van der Waals surface area contributed by atoms with E-state index in [2.05, 4.69) is 26.5 Å². The van der Waals surface area contributed by atoms with Gasteiger partial charge in [0.05, 0.1) is 43.2 Å². The van der Waals surface area contributed by atoms with E-state index in [-0.39, 0.29) is 36.6 Å². The monoisotopic (exact) mass is 804 g/mol. The topological polar surface area (TPSA) is 183 Å². The van der Waals surface area contributed by atoms with Crippen molar-refractivity contribution in [1.29, 1.82) is 0 Å². The minimum atomic E-state index is -1.96. The highest BCUT2D eigenvalue weighted by atomic mass is 16.7. The van der Waals surface area contributed by atoms with Crippen LogP contribution >= 0.6 is 0 Å². The van der Waals surface area contributed by atoms with Gasteiger partial charge in [-0.15, -0.1) is 0 Å². The highest BCUT2D eigenvalue weighted by Gasteiger charge is 2.55. The van der Waals surface area contributed by atoms with Crippen LogP contribution in [0.3, 0.4) is 0 Å². The molecule has 57 heavy (non-hydrogen) atoms. The summed E-state index contributed by atoms with van der Waals surface area (Å²) in [5.41, 5.74) is -0.551. The van der Waals surface area contributed by atoms with Crippen LogP contribution in [-0.4, -0.2) is 122 Å². The third-order valence-corrected chi connectivity index (χ3v) is 14.0. The number of hydrogen-bond donors (Lipinski definition) is 5. The van der Waals surface area contributed by atoms with Crippen molar-refractivity contribution in [2.24, 2.45) is 17.8 Å². The molecule has 0 radical (unpaired) electrons. The summed E-state index contributed by atoms with van der Waals surface area (Å²) >= 11 is 0. The van der Waals surface area contributed by atoms with Gasteiger partial charge < -0.3 is 58.7 Å². The molecular weight excluding hydrogens is 736 g/mol. The average molecular weight is 805 g/mol. The van der Waals surface area contributed by atoms with E-state index in [0.717, 1.165) is 50.7 Å². The van der Waals surface area contributed by atoms with Crippen molar-refractivity contribution < 1.29 is 63.5 Å². The molecule has 0 aromatic rings. The Balaban J connectivity index is 0.920. The van der Waals surface area contributed by atoms with Gasteiger partial charge in [-0.1, -0.05) is 45.1 Å². The molecule has 7 aliphatic heterocycles. The lowest BCUT2D eigenvalue weighted by molar-refractivity contribution is -0.321. The van der Waals surface area contributed by atoms with Gasteiger partial charge in [-0.25, -0.2) is 4.79 Å². The van der Waals surface area contributed by atoms with E-state index in [0.29, 0.717) is 56.4 Å². The summed E-state index contributed by atoms with van der Waals surface area (Å²) in [5, 5.41) is 54.0. The zero-order valence-corrected chi connectivity index (χ0v) is 34.6. The molecule has 17 atom stereocenters. The van der Waals surface area contributed by atoms with Crippen LogP contribution in [0.2, 0.25) is 0 Å². The van der Waals surface area contributed by atoms with Gasteiger partial charge in [-0.2, -0.15) is 0 Å². The molecule has 0 bridgehead atoms. The Kier molecular flexibility index (Phi) is 12.9. The van der Waals surface area contributed by atoms with Crippen LogP contribution in [0.25, 0.3) is 0 Å². The van der Waals surface area contributed by atoms with Crippen LogP contribution in [0.4, 0.5) is 0 Å². The summed E-state index contributed by atoms with van der Waals surface area (Å²) in [4.78, 5) is 11.6. The molecule has 0 aromatic heterocycles. The smallest absolute Gasteiger partial charge is 0.335 e. The molecule has 3 spiro atoms. The Labute approximate surface area is 337 Å². The van der Waals surface area contributed by atoms with E-state index in [1.54, 1.807) is 6.08 Å². The molecule has 5 N–H and O–H groups in total. The second-order valence-electron chi connectivity index (χ2n) is 18.9. The molecule has 7 aliphatic rings. The number of carboxylic acids is 1. The number of carbonyl (C=O) groups is 1. The Morgan fingerprint density at radius 2 is 1.75 bits per heavy atom. The van der Waals surface area contributed by atoms with Gasteiger partial charge in [0, 0.05) is 38.0 Å². The van der Waals surface area contributed by atoms with E-state index >= 15 is 0 Å². The first-order chi connectivity index (χ1) is 26.9. The molecule has 322 valence electrons. The fourth-order valence-corrected chi connectivity index (χ4v) is 10.5. The number of hydrogen-bond acceptors (Lipinski definition) is 12. The van der Waals surface area contributed by atoms with E-state index in [4.69, 9.17) is 33.2 Å². The van der Waals surface area contributed by atoms with Gasteiger partial charge in [0.25, 0.3) is 0 Å². The average Bonchev–Trinajstić information content (AvgIpc) is 3.56. The van der Waals surface area contributed by atoms with E-state index in [9.17, 15) is 30.3 Å². The summed E-state index contributed by atoms with van der Waals surface area (Å²) in [6.45, 7) is 14.5. The number of aliphatic hydroxyl groups excluding tert-OH is 3. The fourth-order valence-electron chi connectivity index (χ4n) is 10.5. The molecule has 0 aromatic carbocycles. The van der Waals surface area contributed by atoms with Crippen LogP contribution in [0.1, 0.15) is 125 Å². The van der Waals surface area contributed by atoms with Crippen molar-refractivity contribution in [1.82, 2.24) is 0 Å². The molecular formula is C44H68O13. The third kappa shape index (κ3) is 9.15. The van der Waals surface area contributed by atoms with Gasteiger partial charge >= 0.3 is 5.97 Å². The standard InChI is InChI=1S/C44H68O13/c1-25-21-34(55-44(23-25)35(46)12-11-31(54-44)24-41(6,50)40(48)49)26(2)9-10-30-14-18-43(53-30)19-15-33-39(57-43)36(47)29(5)38(52-33)32(45)22-28(4)37-27(3)13-17-42(56-37)16-7-8-20-51-42/h9-10,23,26-28,30-39,45-47,50H,5,7-8,11-22,24H2,1-4,6H3,(H,48,49)/b10-9+/t26-,27-,28+,30+,31+,32+,33-,34+,35-,36-,37?,38+,39?,41-,42+,43-,44-/m1/s1. The number of ether oxygens (including phenoxy) is 7. The third-order valence-electron chi connectivity index (χ3n) is 14.0. The predicted molar refractivity (Wildman–Crippen MR) is 208 cm³/mol. The van der Waals surface area contributed by atoms with Crippen molar-refractivity contribution in [3.8, 4) is 0 Å². The zero-order chi connectivity index (χ0) is 40.9. The van der Waals surface area contributed by atoms with Crippen LogP contribution in [-0.2, 0) is 38.0 Å². The lowest BCUT2D eigenvalue weighted by Crippen LogP contribution is -2.60. The maximum absolute atomic E-state index is 11.6. The molecule has 0 aliphatic carbocycles. The minimum Gasteiger partial charge on any atom is -0.479 e. The molecule has 13 nitrogen and oxygen atoms in total. The summed E-state index contributed by atoms with van der Waals surface area (Å²) in [7, 11) is 0. The van der Waals surface area contributed by atoms with Crippen molar-refractivity contribution in [3.05, 3.63) is 36.0 Å². The van der Waals surface area contributed by atoms with Crippen LogP contribution in [0, 0.1) is 17.8 Å². The van der Waals surface area contributed by atoms with Crippen molar-refractivity contribution in [2.45, 2.75) is 209 Å². The highest BCUT2D eigenvalue weighted by Crippen LogP contribution is 2.47. The van der Waals surface area contributed by atoms with Gasteiger partial charge in [0.2, 0.25) is 5.79 Å². The number of fused-ring (bicyclic) bond motifs is 1. The van der Waals surface area contributed by atoms with Crippen molar-refractivity contribution in [3.63, 3.8) is 0 Å².